The van der Waals surface area contributed by atoms with E-state index in [1.165, 1.54) is 0 Å². The van der Waals surface area contributed by atoms with Crippen molar-refractivity contribution in [2.45, 2.75) is 12.8 Å². The average molecular weight is 441 g/mol. The van der Waals surface area contributed by atoms with E-state index in [4.69, 9.17) is 4.74 Å². The minimum absolute atomic E-state index is 0.00879. The highest BCUT2D eigenvalue weighted by atomic mass is 16.5. The molecule has 0 radical (unpaired) electrons. The number of imidazole rings is 1. The third-order valence-corrected chi connectivity index (χ3v) is 6.23. The van der Waals surface area contributed by atoms with E-state index in [1.54, 1.807) is 43.9 Å². The first kappa shape index (κ1) is 20.9. The second-order valence-electron chi connectivity index (χ2n) is 8.17. The highest BCUT2D eigenvalue weighted by Crippen LogP contribution is 2.24. The smallest absolute Gasteiger partial charge is 0.253 e. The van der Waals surface area contributed by atoms with Crippen LogP contribution in [0.4, 0.5) is 0 Å². The number of ether oxygens (including phenoxy) is 1. The van der Waals surface area contributed by atoms with Crippen LogP contribution in [-0.2, 0) is 0 Å². The lowest BCUT2D eigenvalue weighted by atomic mass is 9.88. The number of methoxy groups -OCH3 is 1. The summed E-state index contributed by atoms with van der Waals surface area (Å²) in [7, 11) is 1.61. The molecule has 1 fully saturated rings. The van der Waals surface area contributed by atoms with Crippen molar-refractivity contribution in [3.8, 4) is 11.4 Å². The molecule has 1 saturated heterocycles. The SMILES string of the molecule is COc1ccc(C(=O)C2CCN(C(=O)c3ccc(-n4cnc5cccnc54)cc3)CC2)cc1. The van der Waals surface area contributed by atoms with Crippen LogP contribution in [0.3, 0.4) is 0 Å². The minimum Gasteiger partial charge on any atom is -0.497 e. The second-order valence-corrected chi connectivity index (χ2v) is 8.17. The van der Waals surface area contributed by atoms with E-state index in [2.05, 4.69) is 9.97 Å². The predicted molar refractivity (Wildman–Crippen MR) is 125 cm³/mol. The van der Waals surface area contributed by atoms with Gasteiger partial charge in [0.25, 0.3) is 5.91 Å². The van der Waals surface area contributed by atoms with Crippen LogP contribution in [0.2, 0.25) is 0 Å². The second kappa shape index (κ2) is 8.86. The molecule has 5 rings (SSSR count). The molecule has 33 heavy (non-hydrogen) atoms. The van der Waals surface area contributed by atoms with Gasteiger partial charge in [-0.2, -0.15) is 0 Å². The topological polar surface area (TPSA) is 77.3 Å². The first-order chi connectivity index (χ1) is 16.1. The number of aromatic nitrogens is 3. The normalized spacial score (nSPS) is 14.4. The van der Waals surface area contributed by atoms with Gasteiger partial charge in [0.1, 0.15) is 17.6 Å². The zero-order chi connectivity index (χ0) is 22.8. The number of amides is 1. The Morgan fingerprint density at radius 1 is 0.909 bits per heavy atom. The fourth-order valence-corrected chi connectivity index (χ4v) is 4.32. The zero-order valence-electron chi connectivity index (χ0n) is 18.3. The van der Waals surface area contributed by atoms with Gasteiger partial charge in [-0.05, 0) is 73.5 Å². The first-order valence-corrected chi connectivity index (χ1v) is 11.0. The van der Waals surface area contributed by atoms with Crippen molar-refractivity contribution in [1.29, 1.82) is 0 Å². The summed E-state index contributed by atoms with van der Waals surface area (Å²) in [5, 5.41) is 0. The molecule has 2 aromatic heterocycles. The maximum atomic E-state index is 13.0. The van der Waals surface area contributed by atoms with Crippen molar-refractivity contribution < 1.29 is 14.3 Å². The van der Waals surface area contributed by atoms with Crippen molar-refractivity contribution in [2.24, 2.45) is 5.92 Å². The van der Waals surface area contributed by atoms with Gasteiger partial charge in [0.05, 0.1) is 7.11 Å². The molecule has 1 amide bonds. The number of rotatable bonds is 5. The van der Waals surface area contributed by atoms with Crippen LogP contribution in [0.15, 0.2) is 73.2 Å². The summed E-state index contributed by atoms with van der Waals surface area (Å²) in [6.07, 6.45) is 4.81. The fraction of sp³-hybridized carbons (Fsp3) is 0.231. The molecule has 1 aliphatic heterocycles. The number of benzene rings is 2. The Kier molecular flexibility index (Phi) is 5.60. The largest absolute Gasteiger partial charge is 0.497 e. The molecular weight excluding hydrogens is 416 g/mol. The molecule has 3 heterocycles. The van der Waals surface area contributed by atoms with Crippen molar-refractivity contribution >= 4 is 22.9 Å². The molecule has 7 heteroatoms. The van der Waals surface area contributed by atoms with E-state index in [1.807, 2.05) is 45.9 Å². The number of carbonyl (C=O) groups is 2. The summed E-state index contributed by atoms with van der Waals surface area (Å²) in [5.74, 6) is 0.795. The van der Waals surface area contributed by atoms with Crippen LogP contribution < -0.4 is 4.74 Å². The lowest BCUT2D eigenvalue weighted by Crippen LogP contribution is -2.40. The molecule has 2 aromatic carbocycles. The average Bonchev–Trinajstić information content (AvgIpc) is 3.32. The maximum absolute atomic E-state index is 13.0. The van der Waals surface area contributed by atoms with Crippen LogP contribution in [-0.4, -0.2) is 51.3 Å². The monoisotopic (exact) mass is 440 g/mol. The Labute approximate surface area is 191 Å². The summed E-state index contributed by atoms with van der Waals surface area (Å²) >= 11 is 0. The Hall–Kier alpha value is -4.00. The summed E-state index contributed by atoms with van der Waals surface area (Å²) in [6.45, 7) is 1.15. The van der Waals surface area contributed by atoms with Crippen LogP contribution in [0.1, 0.15) is 33.6 Å². The number of fused-ring (bicyclic) bond motifs is 1. The number of Topliss-reactive ketones (excluding diaryl/α,β-unsaturated/α-hetero) is 1. The van der Waals surface area contributed by atoms with E-state index in [0.717, 1.165) is 22.6 Å². The number of ketones is 1. The van der Waals surface area contributed by atoms with E-state index < -0.39 is 0 Å². The number of carbonyl (C=O) groups excluding carboxylic acids is 2. The first-order valence-electron chi connectivity index (χ1n) is 11.0. The van der Waals surface area contributed by atoms with Gasteiger partial charge in [-0.3, -0.25) is 14.2 Å². The van der Waals surface area contributed by atoms with Gasteiger partial charge in [-0.15, -0.1) is 0 Å². The molecule has 0 spiro atoms. The number of hydrogen-bond donors (Lipinski definition) is 0. The van der Waals surface area contributed by atoms with Crippen molar-refractivity contribution in [2.75, 3.05) is 20.2 Å². The maximum Gasteiger partial charge on any atom is 0.253 e. The van der Waals surface area contributed by atoms with Gasteiger partial charge in [0.15, 0.2) is 11.4 Å². The van der Waals surface area contributed by atoms with E-state index >= 15 is 0 Å². The number of likely N-dealkylation sites (tertiary alicyclic amines) is 1. The van der Waals surface area contributed by atoms with E-state index in [-0.39, 0.29) is 17.6 Å². The van der Waals surface area contributed by atoms with Crippen molar-refractivity contribution in [3.63, 3.8) is 0 Å². The molecule has 7 nitrogen and oxygen atoms in total. The summed E-state index contributed by atoms with van der Waals surface area (Å²) < 4.78 is 7.06. The highest BCUT2D eigenvalue weighted by molar-refractivity contribution is 5.98. The van der Waals surface area contributed by atoms with E-state index in [9.17, 15) is 9.59 Å². The molecule has 0 unspecified atom stereocenters. The van der Waals surface area contributed by atoms with Crippen LogP contribution >= 0.6 is 0 Å². The fourth-order valence-electron chi connectivity index (χ4n) is 4.32. The molecule has 166 valence electrons. The molecular formula is C26H24N4O3. The summed E-state index contributed by atoms with van der Waals surface area (Å²) in [5.41, 5.74) is 3.83. The van der Waals surface area contributed by atoms with Crippen molar-refractivity contribution in [1.82, 2.24) is 19.4 Å². The van der Waals surface area contributed by atoms with Crippen molar-refractivity contribution in [3.05, 3.63) is 84.3 Å². The molecule has 0 bridgehead atoms. The standard InChI is InChI=1S/C26H24N4O3/c1-33-22-10-6-18(7-11-22)24(31)19-12-15-29(16-13-19)26(32)20-4-8-21(9-5-20)30-17-28-23-3-2-14-27-25(23)30/h2-11,14,17,19H,12-13,15-16H2,1H3. The quantitative estimate of drug-likeness (QED) is 0.436. The third kappa shape index (κ3) is 4.09. The Bertz CT molecular complexity index is 1290. The van der Waals surface area contributed by atoms with Gasteiger partial charge < -0.3 is 9.64 Å². The Morgan fingerprint density at radius 2 is 1.61 bits per heavy atom. The summed E-state index contributed by atoms with van der Waals surface area (Å²) in [6, 6.07) is 18.5. The number of hydrogen-bond acceptors (Lipinski definition) is 5. The van der Waals surface area contributed by atoms with Gasteiger partial charge in [0.2, 0.25) is 0 Å². The minimum atomic E-state index is -0.0631. The molecule has 4 aromatic rings. The molecule has 0 saturated carbocycles. The van der Waals surface area contributed by atoms with Gasteiger partial charge in [-0.25, -0.2) is 9.97 Å². The molecule has 0 atom stereocenters. The Morgan fingerprint density at radius 3 is 2.30 bits per heavy atom. The lowest BCUT2D eigenvalue weighted by molar-refractivity contribution is 0.0650. The van der Waals surface area contributed by atoms with E-state index in [0.29, 0.717) is 37.1 Å². The molecule has 0 N–H and O–H groups in total. The predicted octanol–water partition coefficient (Wildman–Crippen LogP) is 4.16. The van der Waals surface area contributed by atoms with Crippen LogP contribution in [0.5, 0.6) is 5.75 Å². The van der Waals surface area contributed by atoms with Gasteiger partial charge in [-0.1, -0.05) is 0 Å². The number of nitrogens with zero attached hydrogens (tertiary/aromatic N) is 4. The van der Waals surface area contributed by atoms with Crippen LogP contribution in [0.25, 0.3) is 16.9 Å². The Balaban J connectivity index is 1.23. The number of pyridine rings is 1. The lowest BCUT2D eigenvalue weighted by Gasteiger charge is -2.31. The third-order valence-electron chi connectivity index (χ3n) is 6.23. The zero-order valence-corrected chi connectivity index (χ0v) is 18.3. The van der Waals surface area contributed by atoms with Gasteiger partial charge in [0, 0.05) is 42.0 Å². The van der Waals surface area contributed by atoms with Crippen LogP contribution in [0, 0.1) is 5.92 Å². The van der Waals surface area contributed by atoms with Gasteiger partial charge >= 0.3 is 0 Å². The molecule has 1 aliphatic rings. The highest BCUT2D eigenvalue weighted by Gasteiger charge is 2.28. The summed E-state index contributed by atoms with van der Waals surface area (Å²) in [4.78, 5) is 36.5. The molecule has 0 aliphatic carbocycles. The number of piperidine rings is 1.